The highest BCUT2D eigenvalue weighted by Crippen LogP contribution is 2.06. The zero-order chi connectivity index (χ0) is 10.7. The summed E-state index contributed by atoms with van der Waals surface area (Å²) in [5, 5.41) is 0. The van der Waals surface area contributed by atoms with Crippen LogP contribution in [0.15, 0.2) is 23.1 Å². The predicted molar refractivity (Wildman–Crippen MR) is 50.7 cm³/mol. The monoisotopic (exact) mass is 197 g/mol. The van der Waals surface area contributed by atoms with Gasteiger partial charge in [-0.2, -0.15) is 0 Å². The molecule has 0 aliphatic carbocycles. The Hall–Kier alpha value is -1.45. The van der Waals surface area contributed by atoms with E-state index in [0.717, 1.165) is 22.9 Å². The van der Waals surface area contributed by atoms with Crippen molar-refractivity contribution in [2.75, 3.05) is 0 Å². The molecule has 0 saturated heterocycles. The summed E-state index contributed by atoms with van der Waals surface area (Å²) >= 11 is 0. The highest BCUT2D eigenvalue weighted by atomic mass is 19.1. The van der Waals surface area contributed by atoms with Crippen LogP contribution in [0.2, 0.25) is 0 Å². The third-order valence-corrected chi connectivity index (χ3v) is 2.13. The van der Waals surface area contributed by atoms with E-state index >= 15 is 0 Å². The third-order valence-electron chi connectivity index (χ3n) is 2.13. The number of nitrogens with zero attached hydrogens (tertiary/aromatic N) is 1. The van der Waals surface area contributed by atoms with Gasteiger partial charge in [-0.05, 0) is 13.0 Å². The van der Waals surface area contributed by atoms with Gasteiger partial charge in [-0.1, -0.05) is 6.92 Å². The second kappa shape index (κ2) is 4.17. The molecule has 1 rings (SSSR count). The van der Waals surface area contributed by atoms with E-state index in [1.54, 1.807) is 13.8 Å². The van der Waals surface area contributed by atoms with Crippen molar-refractivity contribution in [3.05, 3.63) is 34.5 Å². The Morgan fingerprint density at radius 3 is 2.79 bits per heavy atom. The first-order valence-electron chi connectivity index (χ1n) is 4.46. The molecule has 76 valence electrons. The number of halogens is 1. The molecular formula is C10H12FNO2. The molecule has 14 heavy (non-hydrogen) atoms. The van der Waals surface area contributed by atoms with E-state index in [1.807, 2.05) is 0 Å². The van der Waals surface area contributed by atoms with Crippen molar-refractivity contribution in [1.29, 1.82) is 0 Å². The van der Waals surface area contributed by atoms with Crippen molar-refractivity contribution in [3.63, 3.8) is 0 Å². The Morgan fingerprint density at radius 1 is 1.57 bits per heavy atom. The Kier molecular flexibility index (Phi) is 3.17. The maximum atomic E-state index is 12.8. The van der Waals surface area contributed by atoms with Crippen molar-refractivity contribution in [1.82, 2.24) is 4.57 Å². The second-order valence-corrected chi connectivity index (χ2v) is 3.09. The highest BCUT2D eigenvalue weighted by molar-refractivity contribution is 5.81. The molecule has 0 amide bonds. The minimum Gasteiger partial charge on any atom is -0.302 e. The van der Waals surface area contributed by atoms with Crippen LogP contribution in [-0.4, -0.2) is 10.4 Å². The van der Waals surface area contributed by atoms with Crippen LogP contribution in [0.3, 0.4) is 0 Å². The van der Waals surface area contributed by atoms with Crippen molar-refractivity contribution in [2.24, 2.45) is 0 Å². The van der Waals surface area contributed by atoms with E-state index in [4.69, 9.17) is 0 Å². The van der Waals surface area contributed by atoms with Crippen LogP contribution in [0, 0.1) is 5.82 Å². The second-order valence-electron chi connectivity index (χ2n) is 3.09. The summed E-state index contributed by atoms with van der Waals surface area (Å²) < 4.78 is 13.9. The predicted octanol–water partition coefficient (Wildman–Crippen LogP) is 1.53. The summed E-state index contributed by atoms with van der Waals surface area (Å²) in [4.78, 5) is 22.6. The van der Waals surface area contributed by atoms with Gasteiger partial charge in [-0.25, -0.2) is 4.39 Å². The standard InChI is InChI=1S/C10H12FNO2/c1-3-9(13)7(2)12-6-8(11)4-5-10(12)14/h4-7H,3H2,1-2H3. The molecule has 0 spiro atoms. The summed E-state index contributed by atoms with van der Waals surface area (Å²) in [6.45, 7) is 3.30. The van der Waals surface area contributed by atoms with Gasteiger partial charge in [-0.15, -0.1) is 0 Å². The summed E-state index contributed by atoms with van der Waals surface area (Å²) in [6.07, 6.45) is 1.39. The number of carbonyl (C=O) groups excluding carboxylic acids is 1. The van der Waals surface area contributed by atoms with E-state index in [2.05, 4.69) is 0 Å². The van der Waals surface area contributed by atoms with E-state index < -0.39 is 11.9 Å². The smallest absolute Gasteiger partial charge is 0.251 e. The largest absolute Gasteiger partial charge is 0.302 e. The lowest BCUT2D eigenvalue weighted by molar-refractivity contribution is -0.121. The number of Topliss-reactive ketones (excluding diaryl/α,β-unsaturated/α-hetero) is 1. The lowest BCUT2D eigenvalue weighted by atomic mass is 10.1. The number of hydrogen-bond donors (Lipinski definition) is 0. The van der Waals surface area contributed by atoms with Gasteiger partial charge >= 0.3 is 0 Å². The topological polar surface area (TPSA) is 39.1 Å². The summed E-state index contributed by atoms with van der Waals surface area (Å²) in [6, 6.07) is 1.61. The molecule has 1 atom stereocenters. The zero-order valence-electron chi connectivity index (χ0n) is 8.16. The molecular weight excluding hydrogens is 185 g/mol. The number of ketones is 1. The first kappa shape index (κ1) is 10.6. The molecule has 0 fully saturated rings. The quantitative estimate of drug-likeness (QED) is 0.737. The number of aromatic nitrogens is 1. The fraction of sp³-hybridized carbons (Fsp3) is 0.400. The number of hydrogen-bond acceptors (Lipinski definition) is 2. The molecule has 1 aromatic heterocycles. The minimum absolute atomic E-state index is 0.0855. The lowest BCUT2D eigenvalue weighted by Gasteiger charge is -2.12. The number of rotatable bonds is 3. The van der Waals surface area contributed by atoms with Crippen molar-refractivity contribution < 1.29 is 9.18 Å². The van der Waals surface area contributed by atoms with Gasteiger partial charge in [0.05, 0.1) is 6.04 Å². The van der Waals surface area contributed by atoms with Gasteiger partial charge in [0.15, 0.2) is 5.78 Å². The van der Waals surface area contributed by atoms with Gasteiger partial charge in [0.1, 0.15) is 5.82 Å². The number of pyridine rings is 1. The molecule has 1 aromatic rings. The van der Waals surface area contributed by atoms with Crippen molar-refractivity contribution in [3.8, 4) is 0 Å². The van der Waals surface area contributed by atoms with Crippen molar-refractivity contribution >= 4 is 5.78 Å². The zero-order valence-corrected chi connectivity index (χ0v) is 8.16. The molecule has 1 heterocycles. The molecule has 4 heteroatoms. The summed E-state index contributed by atoms with van der Waals surface area (Å²) in [7, 11) is 0. The van der Waals surface area contributed by atoms with Crippen LogP contribution in [-0.2, 0) is 4.79 Å². The van der Waals surface area contributed by atoms with Crippen LogP contribution in [0.5, 0.6) is 0 Å². The first-order valence-corrected chi connectivity index (χ1v) is 4.46. The highest BCUT2D eigenvalue weighted by Gasteiger charge is 2.13. The van der Waals surface area contributed by atoms with Crippen LogP contribution in [0.25, 0.3) is 0 Å². The summed E-state index contributed by atoms with van der Waals surface area (Å²) in [5.74, 6) is -0.599. The third kappa shape index (κ3) is 2.07. The minimum atomic E-state index is -0.594. The Balaban J connectivity index is 3.12. The van der Waals surface area contributed by atoms with Gasteiger partial charge < -0.3 is 4.57 Å². The molecule has 0 radical (unpaired) electrons. The summed E-state index contributed by atoms with van der Waals surface area (Å²) in [5.41, 5.74) is -0.360. The van der Waals surface area contributed by atoms with Crippen molar-refractivity contribution in [2.45, 2.75) is 26.3 Å². The van der Waals surface area contributed by atoms with Crippen LogP contribution in [0.1, 0.15) is 26.3 Å². The number of carbonyl (C=O) groups is 1. The molecule has 0 aliphatic rings. The average molecular weight is 197 g/mol. The van der Waals surface area contributed by atoms with Gasteiger partial charge in [0, 0.05) is 18.7 Å². The Labute approximate surface area is 81.2 Å². The Morgan fingerprint density at radius 2 is 2.21 bits per heavy atom. The molecule has 0 saturated carbocycles. The molecule has 0 aromatic carbocycles. The average Bonchev–Trinajstić information content (AvgIpc) is 2.19. The van der Waals surface area contributed by atoms with Gasteiger partial charge in [-0.3, -0.25) is 9.59 Å². The molecule has 0 aliphatic heterocycles. The van der Waals surface area contributed by atoms with Gasteiger partial charge in [0.2, 0.25) is 0 Å². The van der Waals surface area contributed by atoms with Crippen LogP contribution < -0.4 is 5.56 Å². The van der Waals surface area contributed by atoms with E-state index in [-0.39, 0.29) is 11.3 Å². The van der Waals surface area contributed by atoms with Crippen LogP contribution in [0.4, 0.5) is 4.39 Å². The first-order chi connectivity index (χ1) is 6.56. The normalized spacial score (nSPS) is 12.5. The van der Waals surface area contributed by atoms with E-state index in [0.29, 0.717) is 6.42 Å². The molecule has 1 unspecified atom stereocenters. The Bertz CT molecular complexity index is 397. The van der Waals surface area contributed by atoms with E-state index in [9.17, 15) is 14.0 Å². The van der Waals surface area contributed by atoms with Gasteiger partial charge in [0.25, 0.3) is 5.56 Å². The fourth-order valence-electron chi connectivity index (χ4n) is 1.23. The SMILES string of the molecule is CCC(=O)C(C)n1cc(F)ccc1=O. The fourth-order valence-corrected chi connectivity index (χ4v) is 1.23. The maximum absolute atomic E-state index is 12.8. The maximum Gasteiger partial charge on any atom is 0.251 e. The molecule has 0 bridgehead atoms. The molecule has 3 nitrogen and oxygen atoms in total. The van der Waals surface area contributed by atoms with Crippen LogP contribution >= 0.6 is 0 Å². The molecule has 0 N–H and O–H groups in total. The van der Waals surface area contributed by atoms with E-state index in [1.165, 1.54) is 0 Å². The lowest BCUT2D eigenvalue weighted by Crippen LogP contribution is -2.27.